The number of hydrogen-bond donors (Lipinski definition) is 0. The third kappa shape index (κ3) is 315. The van der Waals surface area contributed by atoms with E-state index in [0.717, 1.165) is 0 Å². The zero-order valence-electron chi connectivity index (χ0n) is 7.44. The van der Waals surface area contributed by atoms with Gasteiger partial charge in [-0.25, -0.2) is 0 Å². The normalized spacial score (nSPS) is 4.88. The average Bonchev–Trinajstić information content (AvgIpc) is 1.54. The van der Waals surface area contributed by atoms with Crippen molar-refractivity contribution in [3.63, 3.8) is 0 Å². The van der Waals surface area contributed by atoms with E-state index in [4.69, 9.17) is 27.5 Å². The molecule has 0 N–H and O–H groups in total. The first-order valence-electron chi connectivity index (χ1n) is 1.84. The van der Waals surface area contributed by atoms with Crippen LogP contribution in [0.1, 0.15) is 0 Å². The number of hydrogen-bond acceptors (Lipinski definition) is 9. The molecule has 0 aromatic rings. The Bertz CT molecular complexity index is 122. The maximum atomic E-state index is 8.61. The topological polar surface area (TPSA) is 218 Å². The molecule has 0 atom stereocenters. The monoisotopic (exact) mass is 524 g/mol. The Labute approximate surface area is 169 Å². The summed E-state index contributed by atoms with van der Waals surface area (Å²) in [4.78, 5) is 0. The van der Waals surface area contributed by atoms with Crippen molar-refractivity contribution in [3.8, 4) is 0 Å². The van der Waals surface area contributed by atoms with E-state index < -0.39 is 67.9 Å². The van der Waals surface area contributed by atoms with E-state index in [-0.39, 0.29) is 77.9 Å². The third-order valence-electron chi connectivity index (χ3n) is 0. The van der Waals surface area contributed by atoms with Crippen LogP contribution in [-0.4, -0.2) is 72.5 Å². The quantitative estimate of drug-likeness (QED) is 0.273. The van der Waals surface area contributed by atoms with Gasteiger partial charge in [-0.3, -0.25) is 0 Å². The molecule has 0 unspecified atom stereocenters. The van der Waals surface area contributed by atoms with Gasteiger partial charge < -0.3 is 5.48 Å². The molecule has 0 fully saturated rings. The fourth-order valence-electron chi connectivity index (χ4n) is 0. The van der Waals surface area contributed by atoms with E-state index in [0.29, 0.717) is 0 Å². The van der Waals surface area contributed by atoms with Crippen LogP contribution in [-0.2, 0) is 81.8 Å². The van der Waals surface area contributed by atoms with Crippen LogP contribution in [0.3, 0.4) is 0 Å². The Morgan fingerprint density at radius 1 is 0.562 bits per heavy atom. The van der Waals surface area contributed by atoms with Gasteiger partial charge in [-0.2, -0.15) is 0 Å². The van der Waals surface area contributed by atoms with Gasteiger partial charge >= 0.3 is 168 Å². The summed E-state index contributed by atoms with van der Waals surface area (Å²) in [5, 5.41) is 0. The second kappa shape index (κ2) is 36.5. The van der Waals surface area contributed by atoms with E-state index >= 15 is 0 Å². The van der Waals surface area contributed by atoms with Crippen molar-refractivity contribution < 1.29 is 101 Å². The molecular weight excluding hydrogens is 528 g/mol. The molecule has 0 aromatic heterocycles. The molecule has 0 spiro atoms. The minimum absolute atomic E-state index is 0. The summed E-state index contributed by atoms with van der Waals surface area (Å²) in [6.45, 7) is 0. The molecule has 0 aliphatic heterocycles. The molecule has 80 valence electrons. The Hall–Kier alpha value is 4.09. The predicted molar refractivity (Wildman–Crippen MR) is 20.0 cm³/mol. The van der Waals surface area contributed by atoms with Gasteiger partial charge in [0, 0.05) is 0 Å². The summed E-state index contributed by atoms with van der Waals surface area (Å²) >= 11 is -12.9. The van der Waals surface area contributed by atoms with E-state index in [1.54, 1.807) is 0 Å². The molecule has 0 aliphatic rings. The molecule has 0 amide bonds. The van der Waals surface area contributed by atoms with Gasteiger partial charge in [0.2, 0.25) is 0 Å². The first kappa shape index (κ1) is 42.7. The SMILES string of the molecule is [Al+3].[Al+3].[Ca+2].[O-2].[O]=[Zr]([O-])[O-].[O]=[Zr]([O-])[O-].[O]=[Zr]([O-])[O-]. The van der Waals surface area contributed by atoms with E-state index in [2.05, 4.69) is 0 Å². The molecule has 0 saturated carbocycles. The standard InChI is InChI=1S/2Al.Ca.10O.3Zr/q2*+3;+2;;;;-2;6*-1;;;. The first-order valence-corrected chi connectivity index (χ1v) is 10.9. The van der Waals surface area contributed by atoms with Crippen molar-refractivity contribution in [1.82, 2.24) is 0 Å². The van der Waals surface area contributed by atoms with Crippen molar-refractivity contribution >= 4 is 72.5 Å². The van der Waals surface area contributed by atoms with Crippen LogP contribution in [0.15, 0.2) is 0 Å². The Balaban J connectivity index is -0.0000000135. The maximum absolute atomic E-state index is 8.61. The van der Waals surface area contributed by atoms with E-state index in [1.165, 1.54) is 0 Å². The molecule has 0 radical (unpaired) electrons. The fraction of sp³-hybridized carbons (Fsp3) is 0. The molecule has 0 aliphatic carbocycles. The van der Waals surface area contributed by atoms with Crippen molar-refractivity contribution in [2.45, 2.75) is 0 Å². The minimum atomic E-state index is -4.29. The van der Waals surface area contributed by atoms with Gasteiger partial charge in [0.15, 0.2) is 0 Å². The number of rotatable bonds is 0. The van der Waals surface area contributed by atoms with Gasteiger partial charge in [-0.1, -0.05) is 0 Å². The van der Waals surface area contributed by atoms with Crippen LogP contribution in [0.5, 0.6) is 0 Å². The predicted octanol–water partition coefficient (Wildman–Crippen LogP) is -8.76. The molecular formula is Al2CaO10Zr3. The summed E-state index contributed by atoms with van der Waals surface area (Å²) < 4.78 is 77.5. The van der Waals surface area contributed by atoms with Crippen molar-refractivity contribution in [1.29, 1.82) is 0 Å². The molecule has 16 heavy (non-hydrogen) atoms. The summed E-state index contributed by atoms with van der Waals surface area (Å²) in [5.74, 6) is 0. The van der Waals surface area contributed by atoms with E-state index in [1.807, 2.05) is 0 Å². The van der Waals surface area contributed by atoms with E-state index in [9.17, 15) is 0 Å². The van der Waals surface area contributed by atoms with Gasteiger partial charge in [-0.05, 0) is 0 Å². The molecule has 16 heteroatoms. The molecule has 10 nitrogen and oxygen atoms in total. The summed E-state index contributed by atoms with van der Waals surface area (Å²) in [7, 11) is 0. The van der Waals surface area contributed by atoms with Crippen LogP contribution in [0.4, 0.5) is 0 Å². The van der Waals surface area contributed by atoms with Gasteiger partial charge in [0.25, 0.3) is 0 Å². The molecule has 0 aromatic carbocycles. The molecule has 0 bridgehead atoms. The summed E-state index contributed by atoms with van der Waals surface area (Å²) in [5.41, 5.74) is 0. The summed E-state index contributed by atoms with van der Waals surface area (Å²) in [6.07, 6.45) is 0. The van der Waals surface area contributed by atoms with Crippen LogP contribution in [0.2, 0.25) is 0 Å². The van der Waals surface area contributed by atoms with Crippen molar-refractivity contribution in [2.75, 3.05) is 0 Å². The molecule has 0 heterocycles. The summed E-state index contributed by atoms with van der Waals surface area (Å²) in [6, 6.07) is 0. The Morgan fingerprint density at radius 2 is 0.562 bits per heavy atom. The zero-order chi connectivity index (χ0) is 10.7. The Morgan fingerprint density at radius 3 is 0.562 bits per heavy atom. The van der Waals surface area contributed by atoms with Crippen LogP contribution < -0.4 is 19.1 Å². The first-order chi connectivity index (χ1) is 5.20. The van der Waals surface area contributed by atoms with Gasteiger partial charge in [-0.15, -0.1) is 0 Å². The molecule has 0 saturated heterocycles. The van der Waals surface area contributed by atoms with Gasteiger partial charge in [0.1, 0.15) is 0 Å². The van der Waals surface area contributed by atoms with Gasteiger partial charge in [0.05, 0.1) is 0 Å². The van der Waals surface area contributed by atoms with Crippen LogP contribution >= 0.6 is 0 Å². The Kier molecular flexibility index (Phi) is 97.4. The van der Waals surface area contributed by atoms with Crippen molar-refractivity contribution in [2.24, 2.45) is 0 Å². The fourth-order valence-corrected chi connectivity index (χ4v) is 0. The van der Waals surface area contributed by atoms with Crippen LogP contribution in [0.25, 0.3) is 0 Å². The zero-order valence-corrected chi connectivity index (χ0v) is 19.3. The van der Waals surface area contributed by atoms with Crippen molar-refractivity contribution in [3.05, 3.63) is 0 Å². The average molecular weight is 528 g/mol. The second-order valence-corrected chi connectivity index (χ2v) is 4.44. The van der Waals surface area contributed by atoms with Crippen LogP contribution in [0, 0.1) is 0 Å². The second-order valence-electron chi connectivity index (χ2n) is 0.750. The third-order valence-corrected chi connectivity index (χ3v) is 0. The molecule has 0 rings (SSSR count).